The average Bonchev–Trinajstić information content (AvgIpc) is 3.26. The van der Waals surface area contributed by atoms with Crippen LogP contribution >= 0.6 is 0 Å². The van der Waals surface area contributed by atoms with Gasteiger partial charge in [0.05, 0.1) is 5.71 Å². The second kappa shape index (κ2) is 10.8. The zero-order valence-corrected chi connectivity index (χ0v) is 20.1. The van der Waals surface area contributed by atoms with E-state index in [4.69, 9.17) is 0 Å². The molecule has 3 aromatic rings. The Bertz CT molecular complexity index is 1150. The maximum Gasteiger partial charge on any atom is 0.271 e. The first-order valence-corrected chi connectivity index (χ1v) is 12.5. The highest BCUT2D eigenvalue weighted by Crippen LogP contribution is 2.23. The zero-order valence-electron chi connectivity index (χ0n) is 20.1. The highest BCUT2D eigenvalue weighted by Gasteiger charge is 2.29. The molecule has 3 heterocycles. The summed E-state index contributed by atoms with van der Waals surface area (Å²) in [6.07, 6.45) is 3.41. The van der Waals surface area contributed by atoms with Crippen molar-refractivity contribution >= 4 is 17.3 Å². The van der Waals surface area contributed by atoms with Gasteiger partial charge in [-0.15, -0.1) is 0 Å². The first kappa shape index (κ1) is 23.2. The highest BCUT2D eigenvalue weighted by molar-refractivity contribution is 6.11. The molecule has 7 nitrogen and oxygen atoms in total. The molecule has 1 saturated heterocycles. The van der Waals surface area contributed by atoms with Gasteiger partial charge in [0.25, 0.3) is 5.91 Å². The summed E-state index contributed by atoms with van der Waals surface area (Å²) in [6.45, 7) is 6.99. The maximum atomic E-state index is 13.6. The van der Waals surface area contributed by atoms with Gasteiger partial charge in [-0.05, 0) is 36.7 Å². The van der Waals surface area contributed by atoms with Gasteiger partial charge in [-0.1, -0.05) is 53.7 Å². The molecule has 0 bridgehead atoms. The van der Waals surface area contributed by atoms with Crippen LogP contribution in [-0.4, -0.2) is 77.0 Å². The Labute approximate surface area is 206 Å². The molecule has 7 heteroatoms. The number of anilines is 1. The first-order chi connectivity index (χ1) is 17.2. The molecule has 0 unspecified atom stereocenters. The normalized spacial score (nSPS) is 18.1. The summed E-state index contributed by atoms with van der Waals surface area (Å²) in [5, 5.41) is 13.2. The molecule has 0 spiro atoms. The summed E-state index contributed by atoms with van der Waals surface area (Å²) >= 11 is 0. The number of aromatic nitrogens is 1. The number of carbonyl (C=O) groups excluding carboxylic acids is 1. The van der Waals surface area contributed by atoms with E-state index in [9.17, 15) is 10.0 Å². The second-order valence-corrected chi connectivity index (χ2v) is 9.30. The lowest BCUT2D eigenvalue weighted by Gasteiger charge is -2.36. The van der Waals surface area contributed by atoms with Crippen LogP contribution in [0.4, 0.5) is 5.69 Å². The Morgan fingerprint density at radius 3 is 2.26 bits per heavy atom. The zero-order chi connectivity index (χ0) is 24.0. The molecule has 0 radical (unpaired) electrons. The van der Waals surface area contributed by atoms with Crippen molar-refractivity contribution in [2.75, 3.05) is 50.7 Å². The lowest BCUT2D eigenvalue weighted by atomic mass is 10.1. The molecule has 2 aliphatic heterocycles. The Kier molecular flexibility index (Phi) is 7.14. The average molecular weight is 472 g/mol. The van der Waals surface area contributed by atoms with Gasteiger partial charge in [0, 0.05) is 69.7 Å². The van der Waals surface area contributed by atoms with E-state index < -0.39 is 0 Å². The smallest absolute Gasteiger partial charge is 0.271 e. The first-order valence-electron chi connectivity index (χ1n) is 12.5. The van der Waals surface area contributed by atoms with Crippen LogP contribution in [0.1, 0.15) is 34.5 Å². The number of nitrogens with zero attached hydrogens (tertiary/aromatic N) is 5. The molecular formula is C28H33N5O2. The fourth-order valence-corrected chi connectivity index (χ4v) is 5.15. The van der Waals surface area contributed by atoms with E-state index >= 15 is 0 Å². The number of hydrogen-bond acceptors (Lipinski definition) is 5. The van der Waals surface area contributed by atoms with Crippen LogP contribution in [0.2, 0.25) is 0 Å². The molecule has 1 fully saturated rings. The Morgan fingerprint density at radius 2 is 1.54 bits per heavy atom. The monoisotopic (exact) mass is 471 g/mol. The number of benzene rings is 2. The number of rotatable bonds is 7. The molecule has 35 heavy (non-hydrogen) atoms. The molecule has 5 rings (SSSR count). The molecule has 0 aliphatic carbocycles. The molecule has 182 valence electrons. The van der Waals surface area contributed by atoms with Crippen LogP contribution in [-0.2, 0) is 6.54 Å². The van der Waals surface area contributed by atoms with Gasteiger partial charge in [0.2, 0.25) is 0 Å². The summed E-state index contributed by atoms with van der Waals surface area (Å²) in [5.74, 6) is 0.0217. The van der Waals surface area contributed by atoms with Gasteiger partial charge in [0.1, 0.15) is 5.69 Å². The van der Waals surface area contributed by atoms with Crippen molar-refractivity contribution in [2.45, 2.75) is 19.4 Å². The van der Waals surface area contributed by atoms with Gasteiger partial charge < -0.3 is 19.6 Å². The quantitative estimate of drug-likeness (QED) is 0.421. The number of hydrogen-bond donors (Lipinski definition) is 1. The number of oxime groups is 1. The topological polar surface area (TPSA) is 64.3 Å². The van der Waals surface area contributed by atoms with Gasteiger partial charge in [-0.25, -0.2) is 0 Å². The van der Waals surface area contributed by atoms with Gasteiger partial charge in [-0.2, -0.15) is 0 Å². The maximum absolute atomic E-state index is 13.6. The standard InChI is InChI=1S/C28H33N5O2/c34-28-27-25(12-16-33(27)22-23-8-3-1-4-9-23)26(29-35)13-17-32(28)15-7-14-30-18-20-31(21-19-30)24-10-5-2-6-11-24/h1-6,8-12,16,35H,7,13-15,17-22H2/b29-26-. The van der Waals surface area contributed by atoms with Gasteiger partial charge in [0.15, 0.2) is 0 Å². The fraction of sp³-hybridized carbons (Fsp3) is 0.357. The Balaban J connectivity index is 1.20. The molecule has 1 N–H and O–H groups in total. The van der Waals surface area contributed by atoms with Crippen LogP contribution in [0.15, 0.2) is 78.1 Å². The summed E-state index contributed by atoms with van der Waals surface area (Å²) in [7, 11) is 0. The summed E-state index contributed by atoms with van der Waals surface area (Å²) in [5.41, 5.74) is 4.37. The summed E-state index contributed by atoms with van der Waals surface area (Å²) in [6, 6.07) is 22.6. The van der Waals surface area contributed by atoms with Crippen LogP contribution in [0.5, 0.6) is 0 Å². The van der Waals surface area contributed by atoms with E-state index in [2.05, 4.69) is 57.4 Å². The molecule has 0 saturated carbocycles. The van der Waals surface area contributed by atoms with Crippen molar-refractivity contribution < 1.29 is 10.0 Å². The van der Waals surface area contributed by atoms with E-state index in [0.29, 0.717) is 37.5 Å². The minimum atomic E-state index is 0.0217. The summed E-state index contributed by atoms with van der Waals surface area (Å²) in [4.78, 5) is 20.5. The fourth-order valence-electron chi connectivity index (χ4n) is 5.15. The van der Waals surface area contributed by atoms with Crippen molar-refractivity contribution in [3.05, 3.63) is 89.7 Å². The van der Waals surface area contributed by atoms with Crippen molar-refractivity contribution in [3.8, 4) is 0 Å². The van der Waals surface area contributed by atoms with Crippen LogP contribution in [0.25, 0.3) is 0 Å². The number of amides is 1. The van der Waals surface area contributed by atoms with Gasteiger partial charge in [-0.3, -0.25) is 9.69 Å². The van der Waals surface area contributed by atoms with E-state index in [0.717, 1.165) is 50.3 Å². The minimum absolute atomic E-state index is 0.0217. The van der Waals surface area contributed by atoms with Crippen LogP contribution in [0.3, 0.4) is 0 Å². The predicted molar refractivity (Wildman–Crippen MR) is 139 cm³/mol. The third kappa shape index (κ3) is 5.25. The van der Waals surface area contributed by atoms with E-state index in [1.807, 2.05) is 39.9 Å². The molecule has 1 amide bonds. The Morgan fingerprint density at radius 1 is 0.829 bits per heavy atom. The molecule has 2 aromatic carbocycles. The van der Waals surface area contributed by atoms with E-state index in [1.54, 1.807) is 0 Å². The lowest BCUT2D eigenvalue weighted by molar-refractivity contribution is 0.0744. The van der Waals surface area contributed by atoms with E-state index in [1.165, 1.54) is 5.69 Å². The SMILES string of the molecule is O=C1c2c(ccn2Cc2ccccc2)/C(=N\O)CCN1CCCN1CCN(c2ccccc2)CC1. The third-order valence-corrected chi connectivity index (χ3v) is 7.10. The lowest BCUT2D eigenvalue weighted by Crippen LogP contribution is -2.47. The van der Waals surface area contributed by atoms with Crippen molar-refractivity contribution in [3.63, 3.8) is 0 Å². The number of carbonyl (C=O) groups is 1. The third-order valence-electron chi connectivity index (χ3n) is 7.10. The Hall–Kier alpha value is -3.58. The second-order valence-electron chi connectivity index (χ2n) is 9.30. The molecule has 1 aromatic heterocycles. The molecule has 2 aliphatic rings. The summed E-state index contributed by atoms with van der Waals surface area (Å²) < 4.78 is 1.99. The van der Waals surface area contributed by atoms with Gasteiger partial charge >= 0.3 is 0 Å². The molecule has 0 atom stereocenters. The van der Waals surface area contributed by atoms with Crippen molar-refractivity contribution in [2.24, 2.45) is 5.16 Å². The van der Waals surface area contributed by atoms with Crippen molar-refractivity contribution in [1.29, 1.82) is 0 Å². The number of para-hydroxylation sites is 1. The van der Waals surface area contributed by atoms with Crippen molar-refractivity contribution in [1.82, 2.24) is 14.4 Å². The predicted octanol–water partition coefficient (Wildman–Crippen LogP) is 3.77. The van der Waals surface area contributed by atoms with Crippen LogP contribution < -0.4 is 4.90 Å². The number of piperazine rings is 1. The molecular weight excluding hydrogens is 438 g/mol. The minimum Gasteiger partial charge on any atom is -0.411 e. The largest absolute Gasteiger partial charge is 0.411 e. The highest BCUT2D eigenvalue weighted by atomic mass is 16.4. The number of fused-ring (bicyclic) bond motifs is 1. The van der Waals surface area contributed by atoms with Crippen LogP contribution in [0, 0.1) is 0 Å². The van der Waals surface area contributed by atoms with E-state index in [-0.39, 0.29) is 5.91 Å².